The highest BCUT2D eigenvalue weighted by atomic mass is 79.9. The van der Waals surface area contributed by atoms with Crippen molar-refractivity contribution in [2.24, 2.45) is 0 Å². The molecule has 0 unspecified atom stereocenters. The molecule has 0 aliphatic carbocycles. The van der Waals surface area contributed by atoms with E-state index in [1.54, 1.807) is 30.0 Å². The van der Waals surface area contributed by atoms with Crippen LogP contribution in [0.3, 0.4) is 0 Å². The van der Waals surface area contributed by atoms with Gasteiger partial charge in [-0.3, -0.25) is 10.1 Å². The number of furan rings is 1. The van der Waals surface area contributed by atoms with E-state index >= 15 is 0 Å². The van der Waals surface area contributed by atoms with Crippen molar-refractivity contribution in [3.05, 3.63) is 46.6 Å². The Balaban J connectivity index is 1.77. The normalized spacial score (nSPS) is 10.7. The zero-order valence-corrected chi connectivity index (χ0v) is 14.5. The second kappa shape index (κ2) is 7.01. The maximum absolute atomic E-state index is 12.4. The lowest BCUT2D eigenvalue weighted by atomic mass is 10.2. The minimum atomic E-state index is -0.294. The van der Waals surface area contributed by atoms with Gasteiger partial charge < -0.3 is 8.83 Å². The van der Waals surface area contributed by atoms with Crippen molar-refractivity contribution < 1.29 is 13.6 Å². The molecule has 0 spiro atoms. The molecule has 23 heavy (non-hydrogen) atoms. The lowest BCUT2D eigenvalue weighted by molar-refractivity contribution is 0.102. The first-order chi connectivity index (χ1) is 11.2. The first-order valence-electron chi connectivity index (χ1n) is 6.79. The molecule has 1 aromatic carbocycles. The minimum Gasteiger partial charge on any atom is -0.444 e. The molecule has 8 heteroatoms. The van der Waals surface area contributed by atoms with E-state index in [1.807, 2.05) is 25.1 Å². The average molecular weight is 394 g/mol. The van der Waals surface area contributed by atoms with Crippen LogP contribution in [0.1, 0.15) is 17.3 Å². The monoisotopic (exact) mass is 393 g/mol. The second-order valence-corrected chi connectivity index (χ2v) is 6.49. The topological polar surface area (TPSA) is 81.2 Å². The fourth-order valence-corrected chi connectivity index (χ4v) is 3.01. The maximum atomic E-state index is 12.4. The molecule has 118 valence electrons. The van der Waals surface area contributed by atoms with Gasteiger partial charge >= 0.3 is 6.01 Å². The number of thioether (sulfide) groups is 1. The molecule has 1 N–H and O–H groups in total. The van der Waals surface area contributed by atoms with Gasteiger partial charge in [-0.15, -0.1) is 16.9 Å². The van der Waals surface area contributed by atoms with Gasteiger partial charge in [0.15, 0.2) is 10.4 Å². The van der Waals surface area contributed by atoms with Crippen LogP contribution in [0.5, 0.6) is 0 Å². The molecule has 0 atom stereocenters. The van der Waals surface area contributed by atoms with E-state index in [-0.39, 0.29) is 17.8 Å². The van der Waals surface area contributed by atoms with Crippen molar-refractivity contribution in [3.63, 3.8) is 0 Å². The maximum Gasteiger partial charge on any atom is 0.322 e. The van der Waals surface area contributed by atoms with Crippen LogP contribution in [0, 0.1) is 0 Å². The number of nitrogens with zero attached hydrogens (tertiary/aromatic N) is 2. The van der Waals surface area contributed by atoms with Crippen LogP contribution in [0.25, 0.3) is 11.7 Å². The quantitative estimate of drug-likeness (QED) is 0.644. The zero-order chi connectivity index (χ0) is 16.2. The van der Waals surface area contributed by atoms with Gasteiger partial charge in [0.1, 0.15) is 0 Å². The SMILES string of the molecule is CCSc1ccccc1C(=O)Nc1nnc(-c2ccc(Br)o2)o1. The van der Waals surface area contributed by atoms with Gasteiger partial charge in [0.05, 0.1) is 5.56 Å². The van der Waals surface area contributed by atoms with Crippen molar-refractivity contribution in [1.29, 1.82) is 0 Å². The number of hydrogen-bond donors (Lipinski definition) is 1. The van der Waals surface area contributed by atoms with Crippen LogP contribution >= 0.6 is 27.7 Å². The van der Waals surface area contributed by atoms with Crippen molar-refractivity contribution in [1.82, 2.24) is 10.2 Å². The molecule has 0 aliphatic heterocycles. The first kappa shape index (κ1) is 15.8. The van der Waals surface area contributed by atoms with Crippen LogP contribution in [-0.4, -0.2) is 21.9 Å². The highest BCUT2D eigenvalue weighted by molar-refractivity contribution is 9.10. The van der Waals surface area contributed by atoms with Crippen LogP contribution in [0.2, 0.25) is 0 Å². The van der Waals surface area contributed by atoms with Crippen LogP contribution < -0.4 is 5.32 Å². The molecule has 3 aromatic rings. The number of carbonyl (C=O) groups excluding carboxylic acids is 1. The van der Waals surface area contributed by atoms with Crippen molar-refractivity contribution >= 4 is 39.6 Å². The molecule has 0 saturated carbocycles. The molecule has 6 nitrogen and oxygen atoms in total. The number of aromatic nitrogens is 2. The number of benzene rings is 1. The first-order valence-corrected chi connectivity index (χ1v) is 8.57. The Labute approximate surface area is 144 Å². The molecule has 0 radical (unpaired) electrons. The number of carbonyl (C=O) groups is 1. The smallest absolute Gasteiger partial charge is 0.322 e. The van der Waals surface area contributed by atoms with E-state index in [2.05, 4.69) is 31.4 Å². The molecular formula is C15H12BrN3O3S. The third kappa shape index (κ3) is 3.65. The summed E-state index contributed by atoms with van der Waals surface area (Å²) in [5.41, 5.74) is 0.569. The minimum absolute atomic E-state index is 0.0221. The highest BCUT2D eigenvalue weighted by Crippen LogP contribution is 2.26. The lowest BCUT2D eigenvalue weighted by Gasteiger charge is -2.06. The molecule has 0 bridgehead atoms. The van der Waals surface area contributed by atoms with Crippen molar-refractivity contribution in [2.75, 3.05) is 11.1 Å². The zero-order valence-electron chi connectivity index (χ0n) is 12.1. The van der Waals surface area contributed by atoms with E-state index in [0.717, 1.165) is 10.6 Å². The predicted molar refractivity (Wildman–Crippen MR) is 90.5 cm³/mol. The number of anilines is 1. The summed E-state index contributed by atoms with van der Waals surface area (Å²) < 4.78 is 11.3. The summed E-state index contributed by atoms with van der Waals surface area (Å²) >= 11 is 4.80. The predicted octanol–water partition coefficient (Wildman–Crippen LogP) is 4.46. The van der Waals surface area contributed by atoms with Crippen LogP contribution in [0.15, 0.2) is 54.8 Å². The molecule has 3 rings (SSSR count). The Bertz CT molecular complexity index is 831. The van der Waals surface area contributed by atoms with Gasteiger partial charge in [-0.1, -0.05) is 24.2 Å². The molecule has 0 saturated heterocycles. The van der Waals surface area contributed by atoms with E-state index in [4.69, 9.17) is 8.83 Å². The third-order valence-corrected chi connectivity index (χ3v) is 4.24. The van der Waals surface area contributed by atoms with E-state index in [9.17, 15) is 4.79 Å². The second-order valence-electron chi connectivity index (χ2n) is 4.40. The summed E-state index contributed by atoms with van der Waals surface area (Å²) in [6.45, 7) is 2.03. The van der Waals surface area contributed by atoms with Crippen molar-refractivity contribution in [2.45, 2.75) is 11.8 Å². The Morgan fingerprint density at radius 1 is 1.22 bits per heavy atom. The molecule has 1 amide bonds. The Kier molecular flexibility index (Phi) is 4.82. The van der Waals surface area contributed by atoms with Crippen molar-refractivity contribution in [3.8, 4) is 11.7 Å². The number of halogens is 1. The Morgan fingerprint density at radius 2 is 2.04 bits per heavy atom. The van der Waals surface area contributed by atoms with Gasteiger partial charge in [-0.25, -0.2) is 0 Å². The molecule has 0 fully saturated rings. The van der Waals surface area contributed by atoms with Gasteiger partial charge in [-0.2, -0.15) is 0 Å². The number of hydrogen-bond acceptors (Lipinski definition) is 6. The largest absolute Gasteiger partial charge is 0.444 e. The van der Waals surface area contributed by atoms with Crippen LogP contribution in [0.4, 0.5) is 6.01 Å². The lowest BCUT2D eigenvalue weighted by Crippen LogP contribution is -2.13. The molecular weight excluding hydrogens is 382 g/mol. The third-order valence-electron chi connectivity index (χ3n) is 2.86. The molecule has 2 aromatic heterocycles. The summed E-state index contributed by atoms with van der Waals surface area (Å²) in [5, 5.41) is 10.3. The Hall–Kier alpha value is -2.06. The number of amides is 1. The van der Waals surface area contributed by atoms with Gasteiger partial charge in [0, 0.05) is 4.90 Å². The van der Waals surface area contributed by atoms with E-state index in [0.29, 0.717) is 16.0 Å². The summed E-state index contributed by atoms with van der Waals surface area (Å²) in [5.74, 6) is 1.20. The number of nitrogens with one attached hydrogen (secondary N) is 1. The van der Waals surface area contributed by atoms with E-state index < -0.39 is 0 Å². The summed E-state index contributed by atoms with van der Waals surface area (Å²) in [6.07, 6.45) is 0. The van der Waals surface area contributed by atoms with Gasteiger partial charge in [0.2, 0.25) is 0 Å². The van der Waals surface area contributed by atoms with Gasteiger partial charge in [-0.05, 0) is 45.9 Å². The van der Waals surface area contributed by atoms with Gasteiger partial charge in [0.25, 0.3) is 11.8 Å². The summed E-state index contributed by atoms with van der Waals surface area (Å²) in [6, 6.07) is 10.8. The molecule has 2 heterocycles. The molecule has 0 aliphatic rings. The standard InChI is InChI=1S/C15H12BrN3O3S/c1-2-23-11-6-4-3-5-9(11)13(20)17-15-19-18-14(22-15)10-7-8-12(16)21-10/h3-8H,2H2,1H3,(H,17,19,20). The fraction of sp³-hybridized carbons (Fsp3) is 0.133. The Morgan fingerprint density at radius 3 is 2.78 bits per heavy atom. The summed E-state index contributed by atoms with van der Waals surface area (Å²) in [7, 11) is 0. The fourth-order valence-electron chi connectivity index (χ4n) is 1.90. The average Bonchev–Trinajstić information content (AvgIpc) is 3.17. The number of rotatable bonds is 5. The summed E-state index contributed by atoms with van der Waals surface area (Å²) in [4.78, 5) is 13.3. The highest BCUT2D eigenvalue weighted by Gasteiger charge is 2.16. The van der Waals surface area contributed by atoms with Crippen LogP contribution in [-0.2, 0) is 0 Å². The van der Waals surface area contributed by atoms with E-state index in [1.165, 1.54) is 0 Å².